The molecule has 1 aromatic heterocycles. The second-order valence-corrected chi connectivity index (χ2v) is 9.48. The number of sulfonamides is 1. The summed E-state index contributed by atoms with van der Waals surface area (Å²) in [6.45, 7) is 1.91. The van der Waals surface area contributed by atoms with Crippen molar-refractivity contribution in [1.29, 1.82) is 0 Å². The molecule has 4 rings (SSSR count). The third kappa shape index (κ3) is 4.59. The third-order valence-electron chi connectivity index (χ3n) is 4.79. The van der Waals surface area contributed by atoms with Crippen LogP contribution in [0.3, 0.4) is 0 Å². The summed E-state index contributed by atoms with van der Waals surface area (Å²) in [5, 5.41) is 1.96. The van der Waals surface area contributed by atoms with E-state index in [4.69, 9.17) is 4.74 Å². The van der Waals surface area contributed by atoms with E-state index in [1.165, 1.54) is 36.6 Å². The van der Waals surface area contributed by atoms with Gasteiger partial charge in [-0.25, -0.2) is 13.4 Å². The van der Waals surface area contributed by atoms with Gasteiger partial charge in [-0.3, -0.25) is 14.3 Å². The Morgan fingerprint density at radius 3 is 2.71 bits per heavy atom. The number of benzene rings is 2. The van der Waals surface area contributed by atoms with Crippen molar-refractivity contribution in [3.63, 3.8) is 0 Å². The number of aromatic nitrogens is 1. The van der Waals surface area contributed by atoms with E-state index in [1.807, 2.05) is 0 Å². The lowest BCUT2D eigenvalue weighted by Gasteiger charge is -2.18. The number of thiazole rings is 1. The first-order valence-electron chi connectivity index (χ1n) is 9.45. The van der Waals surface area contributed by atoms with Crippen LogP contribution in [0.5, 0.6) is 5.75 Å². The smallest absolute Gasteiger partial charge is 0.268 e. The van der Waals surface area contributed by atoms with Gasteiger partial charge in [0, 0.05) is 37.2 Å². The molecule has 162 valence electrons. The number of hydrogen-bond acceptors (Lipinski definition) is 7. The summed E-state index contributed by atoms with van der Waals surface area (Å²) >= 11 is 1.18. The molecule has 1 amide bonds. The van der Waals surface area contributed by atoms with Gasteiger partial charge in [0.2, 0.25) is 0 Å². The number of amides is 1. The van der Waals surface area contributed by atoms with Crippen LogP contribution in [0.4, 0.5) is 10.8 Å². The molecule has 3 aromatic rings. The average molecular weight is 460 g/mol. The Balaban J connectivity index is 0.00000289. The maximum Gasteiger partial charge on any atom is 0.268 e. The van der Waals surface area contributed by atoms with Gasteiger partial charge in [-0.15, -0.1) is 11.3 Å². The van der Waals surface area contributed by atoms with E-state index in [0.29, 0.717) is 30.0 Å². The summed E-state index contributed by atoms with van der Waals surface area (Å²) < 4.78 is 33.1. The maximum atomic E-state index is 12.8. The monoisotopic (exact) mass is 459 g/mol. The highest BCUT2D eigenvalue weighted by Crippen LogP contribution is 2.27. The highest BCUT2D eigenvalue weighted by Gasteiger charge is 2.34. The van der Waals surface area contributed by atoms with E-state index in [1.54, 1.807) is 46.7 Å². The number of anilines is 2. The van der Waals surface area contributed by atoms with Crippen LogP contribution < -0.4 is 14.4 Å². The Morgan fingerprint density at radius 2 is 2.03 bits per heavy atom. The van der Waals surface area contributed by atoms with Crippen molar-refractivity contribution < 1.29 is 24.2 Å². The number of rotatable bonds is 7. The molecule has 1 atom stereocenters. The van der Waals surface area contributed by atoms with E-state index < -0.39 is 16.1 Å². The molecule has 1 saturated heterocycles. The van der Waals surface area contributed by atoms with E-state index in [0.717, 1.165) is 0 Å². The predicted molar refractivity (Wildman–Crippen MR) is 119 cm³/mol. The summed E-state index contributed by atoms with van der Waals surface area (Å²) in [6, 6.07) is 12.8. The van der Waals surface area contributed by atoms with Crippen molar-refractivity contribution in [2.75, 3.05) is 16.2 Å². The van der Waals surface area contributed by atoms with Crippen LogP contribution in [0.25, 0.3) is 0 Å². The number of Topliss-reactive ketones (excluding diaryl/α,β-unsaturated/α-hetero) is 1. The molecule has 0 aliphatic carbocycles. The number of carbonyl (C=O) groups excluding carboxylic acids is 2. The molecule has 0 saturated carbocycles. The van der Waals surface area contributed by atoms with Gasteiger partial charge in [0.25, 0.3) is 15.9 Å². The second-order valence-electron chi connectivity index (χ2n) is 6.91. The molecule has 0 bridgehead atoms. The van der Waals surface area contributed by atoms with Crippen LogP contribution in [0, 0.1) is 0 Å². The lowest BCUT2D eigenvalue weighted by atomic mass is 10.1. The molecule has 0 spiro atoms. The molecular formula is C21H21N3O5S2. The first-order chi connectivity index (χ1) is 14.8. The fourth-order valence-corrected chi connectivity index (χ4v) is 5.01. The number of nitrogens with zero attached hydrogens (tertiary/aromatic N) is 2. The number of ether oxygens (including phenoxy) is 1. The number of ketones is 1. The Hall–Kier alpha value is -3.24. The van der Waals surface area contributed by atoms with E-state index in [2.05, 4.69) is 9.71 Å². The Morgan fingerprint density at radius 1 is 1.26 bits per heavy atom. The van der Waals surface area contributed by atoms with Crippen LogP contribution in [0.2, 0.25) is 0 Å². The van der Waals surface area contributed by atoms with Crippen molar-refractivity contribution in [3.8, 4) is 5.75 Å². The normalized spacial score (nSPS) is 16.4. The summed E-state index contributed by atoms with van der Waals surface area (Å²) in [5.74, 6) is 0.163. The van der Waals surface area contributed by atoms with Gasteiger partial charge in [0.1, 0.15) is 5.75 Å². The van der Waals surface area contributed by atoms with Crippen molar-refractivity contribution >= 4 is 43.9 Å². The molecule has 1 aliphatic heterocycles. The first-order valence-corrected chi connectivity index (χ1v) is 11.8. The largest absolute Gasteiger partial charge is 0.480 e. The zero-order valence-electron chi connectivity index (χ0n) is 16.5. The molecule has 8 nitrogen and oxygen atoms in total. The van der Waals surface area contributed by atoms with Crippen molar-refractivity contribution in [1.82, 2.24) is 4.98 Å². The lowest BCUT2D eigenvalue weighted by Crippen LogP contribution is -2.32. The molecule has 1 aliphatic rings. The van der Waals surface area contributed by atoms with Crippen molar-refractivity contribution in [2.24, 2.45) is 0 Å². The van der Waals surface area contributed by atoms with E-state index in [-0.39, 0.29) is 23.1 Å². The van der Waals surface area contributed by atoms with Gasteiger partial charge < -0.3 is 9.64 Å². The van der Waals surface area contributed by atoms with Crippen LogP contribution in [0.15, 0.2) is 65.0 Å². The second kappa shape index (κ2) is 8.48. The van der Waals surface area contributed by atoms with E-state index in [9.17, 15) is 18.0 Å². The topological polar surface area (TPSA) is 106 Å². The molecular weight excluding hydrogens is 438 g/mol. The van der Waals surface area contributed by atoms with Gasteiger partial charge >= 0.3 is 0 Å². The minimum atomic E-state index is -3.76. The number of hydrogen-bond donors (Lipinski definition) is 1. The van der Waals surface area contributed by atoms with Crippen LogP contribution in [-0.4, -0.2) is 37.7 Å². The number of nitrogens with one attached hydrogen (secondary N) is 1. The SMILES string of the molecule is CC(=O)c1cccc(OC2CCN(c3ccc(S(=O)(=O)Nc4nccs4)cc3)C2=O)c1.[HH]. The first kappa shape index (κ1) is 21.0. The molecule has 2 aromatic carbocycles. The fourth-order valence-electron chi connectivity index (χ4n) is 3.23. The lowest BCUT2D eigenvalue weighted by molar-refractivity contribution is -0.122. The van der Waals surface area contributed by atoms with Crippen molar-refractivity contribution in [2.45, 2.75) is 24.3 Å². The number of carbonyl (C=O) groups is 2. The van der Waals surface area contributed by atoms with Crippen molar-refractivity contribution in [3.05, 3.63) is 65.7 Å². The van der Waals surface area contributed by atoms with E-state index >= 15 is 0 Å². The molecule has 0 radical (unpaired) electrons. The minimum absolute atomic E-state index is 0. The fraction of sp³-hybridized carbons (Fsp3) is 0.190. The standard InChI is InChI=1S/C21H19N3O5S2.H2/c1-14(25)15-3-2-4-17(13-15)29-19-9-11-24(20(19)26)16-5-7-18(8-6-16)31(27,28)23-21-22-10-12-30-21;/h2-8,10,12-13,19H,9,11H2,1H3,(H,22,23);1H. The minimum Gasteiger partial charge on any atom is -0.480 e. The summed E-state index contributed by atoms with van der Waals surface area (Å²) in [6.07, 6.45) is 1.33. The summed E-state index contributed by atoms with van der Waals surface area (Å²) in [7, 11) is -3.76. The average Bonchev–Trinajstić information content (AvgIpc) is 3.38. The summed E-state index contributed by atoms with van der Waals surface area (Å²) in [5.41, 5.74) is 1.10. The predicted octanol–water partition coefficient (Wildman–Crippen LogP) is 3.58. The highest BCUT2D eigenvalue weighted by atomic mass is 32.2. The molecule has 2 heterocycles. The van der Waals surface area contributed by atoms with Gasteiger partial charge in [0.15, 0.2) is 17.0 Å². The van der Waals surface area contributed by atoms with Gasteiger partial charge in [-0.2, -0.15) is 0 Å². The van der Waals surface area contributed by atoms with Crippen LogP contribution in [0.1, 0.15) is 25.1 Å². The Labute approximate surface area is 185 Å². The zero-order chi connectivity index (χ0) is 22.0. The Bertz CT molecular complexity index is 1210. The van der Waals surface area contributed by atoms with Crippen LogP contribution >= 0.6 is 11.3 Å². The quantitative estimate of drug-likeness (QED) is 0.542. The Kier molecular flexibility index (Phi) is 5.75. The summed E-state index contributed by atoms with van der Waals surface area (Å²) in [4.78, 5) is 29.9. The maximum absolute atomic E-state index is 12.8. The molecule has 1 N–H and O–H groups in total. The molecule has 1 fully saturated rings. The van der Waals surface area contributed by atoms with Gasteiger partial charge in [-0.1, -0.05) is 12.1 Å². The van der Waals surface area contributed by atoms with Gasteiger partial charge in [0.05, 0.1) is 4.90 Å². The molecule has 1 unspecified atom stereocenters. The molecule has 31 heavy (non-hydrogen) atoms. The highest BCUT2D eigenvalue weighted by molar-refractivity contribution is 7.93. The zero-order valence-corrected chi connectivity index (χ0v) is 18.2. The van der Waals surface area contributed by atoms with Crippen LogP contribution in [-0.2, 0) is 14.8 Å². The third-order valence-corrected chi connectivity index (χ3v) is 6.96. The molecule has 10 heteroatoms. The van der Waals surface area contributed by atoms with Gasteiger partial charge in [-0.05, 0) is 43.3 Å².